The summed E-state index contributed by atoms with van der Waals surface area (Å²) in [7, 11) is 2.19. The van der Waals surface area contributed by atoms with Gasteiger partial charge in [0, 0.05) is 56.8 Å². The number of hydrogen-bond acceptors (Lipinski definition) is 5. The number of amides is 1. The van der Waals surface area contributed by atoms with Crippen LogP contribution < -0.4 is 0 Å². The normalized spacial score (nSPS) is 18.9. The Morgan fingerprint density at radius 1 is 1.11 bits per heavy atom. The maximum absolute atomic E-state index is 12.3. The fraction of sp³-hybridized carbons (Fsp3) is 0.524. The lowest BCUT2D eigenvalue weighted by Crippen LogP contribution is -2.43. The van der Waals surface area contributed by atoms with Crippen LogP contribution in [0.2, 0.25) is 0 Å². The molecule has 2 saturated heterocycles. The number of benzene rings is 1. The predicted octanol–water partition coefficient (Wildman–Crippen LogP) is 2.72. The summed E-state index contributed by atoms with van der Waals surface area (Å²) in [5.74, 6) is 0.216. The van der Waals surface area contributed by atoms with Crippen LogP contribution in [0.5, 0.6) is 0 Å². The molecule has 1 aromatic carbocycles. The molecule has 6 heteroatoms. The SMILES string of the molecule is CN1CCN(Cc2cccc(-c3nc(CC(=O)N4CCCC4)cs3)c2)CC1. The van der Waals surface area contributed by atoms with Crippen molar-refractivity contribution in [2.45, 2.75) is 25.8 Å². The Morgan fingerprint density at radius 3 is 2.67 bits per heavy atom. The highest BCUT2D eigenvalue weighted by atomic mass is 32.1. The van der Waals surface area contributed by atoms with Crippen LogP contribution in [-0.4, -0.2) is 71.9 Å². The number of carbonyl (C=O) groups excluding carboxylic acids is 1. The molecule has 0 radical (unpaired) electrons. The largest absolute Gasteiger partial charge is 0.342 e. The van der Waals surface area contributed by atoms with Gasteiger partial charge in [0.1, 0.15) is 5.01 Å². The molecule has 0 saturated carbocycles. The Kier molecular flexibility index (Phi) is 5.86. The number of rotatable bonds is 5. The Hall–Kier alpha value is -1.76. The quantitative estimate of drug-likeness (QED) is 0.795. The minimum Gasteiger partial charge on any atom is -0.342 e. The molecular weight excluding hydrogens is 356 g/mol. The molecule has 1 amide bonds. The van der Waals surface area contributed by atoms with E-state index in [0.717, 1.165) is 74.9 Å². The van der Waals surface area contributed by atoms with Gasteiger partial charge < -0.3 is 9.80 Å². The minimum atomic E-state index is 0.216. The Balaban J connectivity index is 1.40. The van der Waals surface area contributed by atoms with Crippen molar-refractivity contribution in [2.24, 2.45) is 0 Å². The zero-order valence-corrected chi connectivity index (χ0v) is 16.9. The van der Waals surface area contributed by atoms with E-state index >= 15 is 0 Å². The summed E-state index contributed by atoms with van der Waals surface area (Å²) in [6.07, 6.45) is 2.69. The lowest BCUT2D eigenvalue weighted by molar-refractivity contribution is -0.129. The van der Waals surface area contributed by atoms with E-state index in [0.29, 0.717) is 6.42 Å². The van der Waals surface area contributed by atoms with Crippen LogP contribution in [0.15, 0.2) is 29.6 Å². The van der Waals surface area contributed by atoms with E-state index in [1.165, 1.54) is 5.56 Å². The highest BCUT2D eigenvalue weighted by Crippen LogP contribution is 2.26. The highest BCUT2D eigenvalue weighted by molar-refractivity contribution is 7.13. The molecule has 0 unspecified atom stereocenters. The van der Waals surface area contributed by atoms with Gasteiger partial charge in [-0.2, -0.15) is 0 Å². The summed E-state index contributed by atoms with van der Waals surface area (Å²) in [5, 5.41) is 3.05. The summed E-state index contributed by atoms with van der Waals surface area (Å²) >= 11 is 1.64. The van der Waals surface area contributed by atoms with E-state index in [2.05, 4.69) is 41.1 Å². The van der Waals surface area contributed by atoms with Crippen LogP contribution in [0.4, 0.5) is 0 Å². The molecular formula is C21H28N4OS. The molecule has 0 spiro atoms. The Bertz CT molecular complexity index is 776. The van der Waals surface area contributed by atoms with Crippen molar-refractivity contribution >= 4 is 17.2 Å². The average Bonchev–Trinajstić information content (AvgIpc) is 3.36. The first-order valence-electron chi connectivity index (χ1n) is 9.90. The van der Waals surface area contributed by atoms with Crippen molar-refractivity contribution in [1.29, 1.82) is 0 Å². The van der Waals surface area contributed by atoms with Crippen molar-refractivity contribution in [3.8, 4) is 10.6 Å². The van der Waals surface area contributed by atoms with Gasteiger partial charge in [0.25, 0.3) is 0 Å². The number of piperazine rings is 1. The van der Waals surface area contributed by atoms with Crippen LogP contribution in [0.25, 0.3) is 10.6 Å². The average molecular weight is 385 g/mol. The van der Waals surface area contributed by atoms with Crippen molar-refractivity contribution in [2.75, 3.05) is 46.3 Å². The van der Waals surface area contributed by atoms with Gasteiger partial charge in [-0.25, -0.2) is 4.98 Å². The summed E-state index contributed by atoms with van der Waals surface area (Å²) in [5.41, 5.74) is 3.39. The van der Waals surface area contributed by atoms with Gasteiger partial charge in [0.2, 0.25) is 5.91 Å². The monoisotopic (exact) mass is 384 g/mol. The molecule has 2 fully saturated rings. The summed E-state index contributed by atoms with van der Waals surface area (Å²) in [4.78, 5) is 23.9. The van der Waals surface area contributed by atoms with Gasteiger partial charge in [-0.1, -0.05) is 18.2 Å². The summed E-state index contributed by atoms with van der Waals surface area (Å²) < 4.78 is 0. The first-order valence-corrected chi connectivity index (χ1v) is 10.8. The van der Waals surface area contributed by atoms with Crippen LogP contribution in [0.1, 0.15) is 24.1 Å². The second-order valence-electron chi connectivity index (χ2n) is 7.69. The number of nitrogens with zero attached hydrogens (tertiary/aromatic N) is 4. The Morgan fingerprint density at radius 2 is 1.89 bits per heavy atom. The van der Waals surface area contributed by atoms with Crippen LogP contribution in [0, 0.1) is 0 Å². The third-order valence-corrected chi connectivity index (χ3v) is 6.46. The third kappa shape index (κ3) is 4.75. The molecule has 2 aliphatic rings. The van der Waals surface area contributed by atoms with Gasteiger partial charge in [-0.3, -0.25) is 9.69 Å². The first-order chi connectivity index (χ1) is 13.2. The molecule has 2 aliphatic heterocycles. The smallest absolute Gasteiger partial charge is 0.228 e. The molecule has 1 aromatic heterocycles. The molecule has 0 atom stereocenters. The van der Waals surface area contributed by atoms with Crippen molar-refractivity contribution < 1.29 is 4.79 Å². The standard InChI is InChI=1S/C21H28N4OS/c1-23-9-11-24(12-10-23)15-17-5-4-6-18(13-17)21-22-19(16-27-21)14-20(26)25-7-2-3-8-25/h4-6,13,16H,2-3,7-12,14-15H2,1H3. The minimum absolute atomic E-state index is 0.216. The third-order valence-electron chi connectivity index (χ3n) is 5.52. The molecule has 0 bridgehead atoms. The molecule has 4 rings (SSSR count). The van der Waals surface area contributed by atoms with Gasteiger partial charge in [0.15, 0.2) is 0 Å². The molecule has 0 N–H and O–H groups in total. The van der Waals surface area contributed by atoms with Gasteiger partial charge in [0.05, 0.1) is 12.1 Å². The van der Waals surface area contributed by atoms with Crippen molar-refractivity contribution in [3.63, 3.8) is 0 Å². The Labute approximate surface area is 165 Å². The zero-order valence-electron chi connectivity index (χ0n) is 16.1. The van der Waals surface area contributed by atoms with E-state index in [9.17, 15) is 4.79 Å². The summed E-state index contributed by atoms with van der Waals surface area (Å²) in [6.45, 7) is 7.34. The second-order valence-corrected chi connectivity index (χ2v) is 8.55. The van der Waals surface area contributed by atoms with Crippen LogP contribution in [-0.2, 0) is 17.8 Å². The van der Waals surface area contributed by atoms with Crippen LogP contribution >= 0.6 is 11.3 Å². The van der Waals surface area contributed by atoms with E-state index in [4.69, 9.17) is 4.98 Å². The fourth-order valence-corrected chi connectivity index (χ4v) is 4.64. The lowest BCUT2D eigenvalue weighted by atomic mass is 10.1. The van der Waals surface area contributed by atoms with Gasteiger partial charge >= 0.3 is 0 Å². The zero-order chi connectivity index (χ0) is 18.6. The molecule has 0 aliphatic carbocycles. The second kappa shape index (κ2) is 8.50. The fourth-order valence-electron chi connectivity index (χ4n) is 3.82. The van der Waals surface area contributed by atoms with E-state index < -0.39 is 0 Å². The molecule has 2 aromatic rings. The number of likely N-dealkylation sites (N-methyl/N-ethyl adjacent to an activating group) is 1. The van der Waals surface area contributed by atoms with E-state index in [-0.39, 0.29) is 5.91 Å². The topological polar surface area (TPSA) is 39.7 Å². The number of aromatic nitrogens is 1. The maximum atomic E-state index is 12.3. The van der Waals surface area contributed by atoms with E-state index in [1.807, 2.05) is 10.3 Å². The van der Waals surface area contributed by atoms with Crippen molar-refractivity contribution in [1.82, 2.24) is 19.7 Å². The maximum Gasteiger partial charge on any atom is 0.228 e. The van der Waals surface area contributed by atoms with Crippen LogP contribution in [0.3, 0.4) is 0 Å². The number of hydrogen-bond donors (Lipinski definition) is 0. The van der Waals surface area contributed by atoms with E-state index in [1.54, 1.807) is 11.3 Å². The number of thiazole rings is 1. The predicted molar refractivity (Wildman–Crippen MR) is 110 cm³/mol. The molecule has 5 nitrogen and oxygen atoms in total. The van der Waals surface area contributed by atoms with Gasteiger partial charge in [-0.05, 0) is 31.5 Å². The van der Waals surface area contributed by atoms with Crippen molar-refractivity contribution in [3.05, 3.63) is 40.9 Å². The summed E-state index contributed by atoms with van der Waals surface area (Å²) in [6, 6.07) is 8.70. The van der Waals surface area contributed by atoms with Gasteiger partial charge in [-0.15, -0.1) is 11.3 Å². The molecule has 27 heavy (non-hydrogen) atoms. The highest BCUT2D eigenvalue weighted by Gasteiger charge is 2.19. The first kappa shape index (κ1) is 18.6. The number of likely N-dealkylation sites (tertiary alicyclic amines) is 1. The molecule has 3 heterocycles. The number of carbonyl (C=O) groups is 1. The molecule has 144 valence electrons. The lowest BCUT2D eigenvalue weighted by Gasteiger charge is -2.32.